The number of amides is 2. The van der Waals surface area contributed by atoms with Gasteiger partial charge in [0.15, 0.2) is 0 Å². The first-order valence-electron chi connectivity index (χ1n) is 9.68. The highest BCUT2D eigenvalue weighted by Gasteiger charge is 2.26. The molecule has 0 spiro atoms. The molecule has 27 heavy (non-hydrogen) atoms. The van der Waals surface area contributed by atoms with Crippen LogP contribution in [0.3, 0.4) is 0 Å². The summed E-state index contributed by atoms with van der Waals surface area (Å²) in [6.07, 6.45) is 1.33. The number of hydrogen-bond donors (Lipinski definition) is 4. The van der Waals surface area contributed by atoms with E-state index in [2.05, 4.69) is 48.9 Å². The fourth-order valence-corrected chi connectivity index (χ4v) is 2.84. The van der Waals surface area contributed by atoms with E-state index in [0.29, 0.717) is 25.4 Å². The molecule has 1 aromatic rings. The zero-order valence-corrected chi connectivity index (χ0v) is 17.2. The Morgan fingerprint density at radius 2 is 1.70 bits per heavy atom. The molecule has 6 nitrogen and oxygen atoms in total. The molecule has 1 rings (SSSR count). The van der Waals surface area contributed by atoms with E-state index in [-0.39, 0.29) is 18.1 Å². The van der Waals surface area contributed by atoms with Gasteiger partial charge in [0.2, 0.25) is 0 Å². The van der Waals surface area contributed by atoms with E-state index in [9.17, 15) is 9.59 Å². The molecule has 0 aliphatic carbocycles. The number of aliphatic carboxylic acids is 1. The van der Waals surface area contributed by atoms with Crippen molar-refractivity contribution < 1.29 is 14.7 Å². The maximum absolute atomic E-state index is 12.0. The molecule has 1 aromatic carbocycles. The van der Waals surface area contributed by atoms with Gasteiger partial charge < -0.3 is 21.1 Å². The van der Waals surface area contributed by atoms with Gasteiger partial charge in [0.1, 0.15) is 0 Å². The van der Waals surface area contributed by atoms with Crippen molar-refractivity contribution in [1.82, 2.24) is 16.0 Å². The minimum absolute atomic E-state index is 0.154. The Labute approximate surface area is 163 Å². The van der Waals surface area contributed by atoms with Crippen molar-refractivity contribution in [2.24, 2.45) is 11.3 Å². The number of benzene rings is 1. The van der Waals surface area contributed by atoms with E-state index in [1.165, 1.54) is 5.56 Å². The molecule has 2 unspecified atom stereocenters. The molecule has 0 aromatic heterocycles. The van der Waals surface area contributed by atoms with Gasteiger partial charge in [-0.15, -0.1) is 0 Å². The summed E-state index contributed by atoms with van der Waals surface area (Å²) >= 11 is 0. The standard InChI is InChI=1S/C21H35N3O3/c1-15(2)13-18(24-16(3)17-9-7-6-8-10-17)14-23-20(27)22-12-11-21(4,5)19(25)26/h6-10,15-16,18,24H,11-14H2,1-5H3,(H,25,26)(H2,22,23,27). The number of carboxylic acid groups (broad SMARTS) is 1. The minimum atomic E-state index is -0.860. The largest absolute Gasteiger partial charge is 0.481 e. The van der Waals surface area contributed by atoms with Gasteiger partial charge in [0, 0.05) is 25.2 Å². The summed E-state index contributed by atoms with van der Waals surface area (Å²) in [5, 5.41) is 18.3. The summed E-state index contributed by atoms with van der Waals surface area (Å²) in [4.78, 5) is 23.1. The van der Waals surface area contributed by atoms with Crippen LogP contribution in [0, 0.1) is 11.3 Å². The number of carboxylic acids is 1. The van der Waals surface area contributed by atoms with Gasteiger partial charge in [-0.25, -0.2) is 4.79 Å². The van der Waals surface area contributed by atoms with Crippen molar-refractivity contribution in [1.29, 1.82) is 0 Å². The Morgan fingerprint density at radius 1 is 1.07 bits per heavy atom. The van der Waals surface area contributed by atoms with Crippen LogP contribution >= 0.6 is 0 Å². The first kappa shape index (κ1) is 23.0. The molecule has 0 saturated carbocycles. The predicted molar refractivity (Wildman–Crippen MR) is 109 cm³/mol. The smallest absolute Gasteiger partial charge is 0.314 e. The Hall–Kier alpha value is -2.08. The van der Waals surface area contributed by atoms with E-state index >= 15 is 0 Å². The van der Waals surface area contributed by atoms with Crippen LogP contribution < -0.4 is 16.0 Å². The highest BCUT2D eigenvalue weighted by Crippen LogP contribution is 2.19. The summed E-state index contributed by atoms with van der Waals surface area (Å²) in [7, 11) is 0. The first-order valence-corrected chi connectivity index (χ1v) is 9.68. The van der Waals surface area contributed by atoms with Crippen LogP contribution in [0.25, 0.3) is 0 Å². The number of carbonyl (C=O) groups is 2. The molecule has 0 aliphatic heterocycles. The van der Waals surface area contributed by atoms with Crippen LogP contribution in [0.4, 0.5) is 4.79 Å². The first-order chi connectivity index (χ1) is 12.6. The number of carbonyl (C=O) groups excluding carboxylic acids is 1. The average Bonchev–Trinajstić information content (AvgIpc) is 2.59. The molecule has 0 aliphatic rings. The third-order valence-corrected chi connectivity index (χ3v) is 4.66. The molecule has 0 fully saturated rings. The molecule has 0 saturated heterocycles. The van der Waals surface area contributed by atoms with E-state index in [1.807, 2.05) is 18.2 Å². The summed E-state index contributed by atoms with van der Waals surface area (Å²) in [6.45, 7) is 10.6. The van der Waals surface area contributed by atoms with Gasteiger partial charge in [0.25, 0.3) is 0 Å². The summed E-state index contributed by atoms with van der Waals surface area (Å²) < 4.78 is 0. The minimum Gasteiger partial charge on any atom is -0.481 e. The Balaban J connectivity index is 2.47. The Kier molecular flexibility index (Phi) is 9.29. The van der Waals surface area contributed by atoms with Crippen LogP contribution in [0.1, 0.15) is 59.1 Å². The van der Waals surface area contributed by atoms with E-state index < -0.39 is 11.4 Å². The molecule has 2 atom stereocenters. The van der Waals surface area contributed by atoms with Gasteiger partial charge in [0.05, 0.1) is 5.41 Å². The molecule has 2 amide bonds. The van der Waals surface area contributed by atoms with Gasteiger partial charge in [-0.1, -0.05) is 44.2 Å². The number of urea groups is 1. The number of hydrogen-bond acceptors (Lipinski definition) is 3. The lowest BCUT2D eigenvalue weighted by Gasteiger charge is -2.26. The average molecular weight is 378 g/mol. The van der Waals surface area contributed by atoms with E-state index in [4.69, 9.17) is 5.11 Å². The van der Waals surface area contributed by atoms with Crippen LogP contribution in [0.2, 0.25) is 0 Å². The van der Waals surface area contributed by atoms with Crippen molar-refractivity contribution in [2.45, 2.75) is 59.5 Å². The quantitative estimate of drug-likeness (QED) is 0.475. The zero-order valence-electron chi connectivity index (χ0n) is 17.2. The van der Waals surface area contributed by atoms with Crippen molar-refractivity contribution in [3.63, 3.8) is 0 Å². The molecule has 6 heteroatoms. The molecule has 152 valence electrons. The molecule has 4 N–H and O–H groups in total. The SMILES string of the molecule is CC(C)CC(CNC(=O)NCCC(C)(C)C(=O)O)NC(C)c1ccccc1. The lowest BCUT2D eigenvalue weighted by Crippen LogP contribution is -2.46. The Bertz CT molecular complexity index is 588. The number of rotatable bonds is 11. The second-order valence-electron chi connectivity index (χ2n) is 8.20. The fourth-order valence-electron chi connectivity index (χ4n) is 2.84. The number of nitrogens with one attached hydrogen (secondary N) is 3. The second kappa shape index (κ2) is 10.9. The fraction of sp³-hybridized carbons (Fsp3) is 0.619. The van der Waals surface area contributed by atoms with Crippen LogP contribution in [0.5, 0.6) is 0 Å². The lowest BCUT2D eigenvalue weighted by molar-refractivity contribution is -0.147. The molecule has 0 heterocycles. The maximum Gasteiger partial charge on any atom is 0.314 e. The van der Waals surface area contributed by atoms with Crippen molar-refractivity contribution in [3.8, 4) is 0 Å². The summed E-state index contributed by atoms with van der Waals surface area (Å²) in [6, 6.07) is 10.3. The molecule has 0 bridgehead atoms. The zero-order chi connectivity index (χ0) is 20.4. The predicted octanol–water partition coefficient (Wildman–Crippen LogP) is 3.55. The summed E-state index contributed by atoms with van der Waals surface area (Å²) in [5.74, 6) is -0.354. The monoisotopic (exact) mass is 377 g/mol. The van der Waals surface area contributed by atoms with Crippen LogP contribution in [-0.4, -0.2) is 36.2 Å². The second-order valence-corrected chi connectivity index (χ2v) is 8.20. The van der Waals surface area contributed by atoms with E-state index in [1.54, 1.807) is 13.8 Å². The topological polar surface area (TPSA) is 90.5 Å². The van der Waals surface area contributed by atoms with Gasteiger partial charge in [-0.05, 0) is 45.1 Å². The third kappa shape index (κ3) is 8.91. The highest BCUT2D eigenvalue weighted by atomic mass is 16.4. The van der Waals surface area contributed by atoms with Gasteiger partial charge >= 0.3 is 12.0 Å². The molecule has 0 radical (unpaired) electrons. The van der Waals surface area contributed by atoms with E-state index in [0.717, 1.165) is 6.42 Å². The van der Waals surface area contributed by atoms with Crippen LogP contribution in [0.15, 0.2) is 30.3 Å². The third-order valence-electron chi connectivity index (χ3n) is 4.66. The van der Waals surface area contributed by atoms with Crippen molar-refractivity contribution in [2.75, 3.05) is 13.1 Å². The van der Waals surface area contributed by atoms with Crippen LogP contribution in [-0.2, 0) is 4.79 Å². The molecular formula is C21H35N3O3. The molecular weight excluding hydrogens is 342 g/mol. The highest BCUT2D eigenvalue weighted by molar-refractivity contribution is 5.75. The van der Waals surface area contributed by atoms with Crippen molar-refractivity contribution in [3.05, 3.63) is 35.9 Å². The Morgan fingerprint density at radius 3 is 2.26 bits per heavy atom. The normalized spacial score (nSPS) is 13.9. The lowest BCUT2D eigenvalue weighted by atomic mass is 9.90. The van der Waals surface area contributed by atoms with Crippen molar-refractivity contribution >= 4 is 12.0 Å². The van der Waals surface area contributed by atoms with Gasteiger partial charge in [-0.3, -0.25) is 4.79 Å². The van der Waals surface area contributed by atoms with Gasteiger partial charge in [-0.2, -0.15) is 0 Å². The maximum atomic E-state index is 12.0. The summed E-state index contributed by atoms with van der Waals surface area (Å²) in [5.41, 5.74) is 0.367.